The topological polar surface area (TPSA) is 45.0 Å². The molecule has 0 saturated carbocycles. The van der Waals surface area contributed by atoms with Crippen LogP contribution in [0.15, 0.2) is 18.2 Å². The third kappa shape index (κ3) is 4.41. The predicted octanol–water partition coefficient (Wildman–Crippen LogP) is 2.40. The van der Waals surface area contributed by atoms with Gasteiger partial charge in [-0.25, -0.2) is 4.39 Å². The summed E-state index contributed by atoms with van der Waals surface area (Å²) in [7, 11) is 0. The van der Waals surface area contributed by atoms with Crippen molar-refractivity contribution in [2.24, 2.45) is 0 Å². The Hall–Kier alpha value is -1.60. The summed E-state index contributed by atoms with van der Waals surface area (Å²) in [5, 5.41) is 11.8. The van der Waals surface area contributed by atoms with Gasteiger partial charge in [0.05, 0.1) is 18.7 Å². The smallest absolute Gasteiger partial charge is 0.129 e. The van der Waals surface area contributed by atoms with Gasteiger partial charge in [-0.15, -0.1) is 0 Å². The molecule has 0 saturated heterocycles. The lowest BCUT2D eigenvalue weighted by molar-refractivity contribution is 0.297. The van der Waals surface area contributed by atoms with Crippen LogP contribution in [-0.2, 0) is 0 Å². The normalized spacial score (nSPS) is 11.9. The van der Waals surface area contributed by atoms with Crippen molar-refractivity contribution in [2.75, 3.05) is 13.2 Å². The molecule has 0 bridgehead atoms. The lowest BCUT2D eigenvalue weighted by Gasteiger charge is -2.11. The van der Waals surface area contributed by atoms with E-state index in [1.165, 1.54) is 6.07 Å². The van der Waals surface area contributed by atoms with Crippen molar-refractivity contribution in [3.63, 3.8) is 0 Å². The van der Waals surface area contributed by atoms with Gasteiger partial charge in [0.1, 0.15) is 11.6 Å². The summed E-state index contributed by atoms with van der Waals surface area (Å²) in [6.45, 7) is 4.79. The van der Waals surface area contributed by atoms with Crippen LogP contribution in [0.5, 0.6) is 5.75 Å². The summed E-state index contributed by atoms with van der Waals surface area (Å²) < 4.78 is 18.6. The van der Waals surface area contributed by atoms with Gasteiger partial charge in [-0.3, -0.25) is 0 Å². The third-order valence-corrected chi connectivity index (χ3v) is 2.42. The number of ether oxygens (including phenoxy) is 1. The number of benzene rings is 1. The minimum absolute atomic E-state index is 0.213. The first-order chi connectivity index (χ1) is 8.17. The molecule has 0 spiro atoms. The van der Waals surface area contributed by atoms with Crippen LogP contribution in [0, 0.1) is 24.1 Å². The second-order valence-corrected chi connectivity index (χ2v) is 3.79. The highest BCUT2D eigenvalue weighted by Crippen LogP contribution is 2.16. The van der Waals surface area contributed by atoms with Gasteiger partial charge in [0.25, 0.3) is 0 Å². The van der Waals surface area contributed by atoms with Gasteiger partial charge in [0.15, 0.2) is 0 Å². The number of halogens is 1. The summed E-state index contributed by atoms with van der Waals surface area (Å²) >= 11 is 0. The zero-order valence-corrected chi connectivity index (χ0v) is 10.2. The van der Waals surface area contributed by atoms with Crippen LogP contribution in [0.1, 0.15) is 18.9 Å². The molecule has 0 aliphatic rings. The molecule has 1 atom stereocenters. The molecule has 1 N–H and O–H groups in total. The molecule has 1 rings (SSSR count). The maximum Gasteiger partial charge on any atom is 0.129 e. The average Bonchev–Trinajstić information content (AvgIpc) is 2.32. The molecule has 0 radical (unpaired) electrons. The monoisotopic (exact) mass is 236 g/mol. The number of hydrogen-bond acceptors (Lipinski definition) is 3. The first kappa shape index (κ1) is 13.5. The largest absolute Gasteiger partial charge is 0.493 e. The molecule has 92 valence electrons. The Morgan fingerprint density at radius 1 is 1.53 bits per heavy atom. The van der Waals surface area contributed by atoms with Crippen molar-refractivity contribution in [3.05, 3.63) is 29.6 Å². The van der Waals surface area contributed by atoms with Gasteiger partial charge in [0, 0.05) is 12.5 Å². The van der Waals surface area contributed by atoms with Crippen LogP contribution < -0.4 is 10.1 Å². The molecule has 0 amide bonds. The van der Waals surface area contributed by atoms with E-state index in [0.717, 1.165) is 6.54 Å². The second kappa shape index (κ2) is 6.87. The molecule has 0 aliphatic heterocycles. The maximum absolute atomic E-state index is 13.2. The van der Waals surface area contributed by atoms with Crippen molar-refractivity contribution in [1.82, 2.24) is 5.32 Å². The molecule has 1 unspecified atom stereocenters. The summed E-state index contributed by atoms with van der Waals surface area (Å²) in [5.74, 6) is 0.229. The van der Waals surface area contributed by atoms with Crippen LogP contribution in [0.25, 0.3) is 0 Å². The Morgan fingerprint density at radius 2 is 2.29 bits per heavy atom. The minimum Gasteiger partial charge on any atom is -0.493 e. The van der Waals surface area contributed by atoms with E-state index in [0.29, 0.717) is 24.3 Å². The zero-order chi connectivity index (χ0) is 12.7. The molecule has 0 fully saturated rings. The minimum atomic E-state index is -0.272. The number of rotatable bonds is 6. The number of nitriles is 1. The lowest BCUT2D eigenvalue weighted by Crippen LogP contribution is -2.28. The van der Waals surface area contributed by atoms with Crippen LogP contribution in [-0.4, -0.2) is 19.2 Å². The van der Waals surface area contributed by atoms with Crippen molar-refractivity contribution < 1.29 is 9.13 Å². The fraction of sp³-hybridized carbons (Fsp3) is 0.462. The Balaban J connectivity index is 2.40. The molecule has 3 nitrogen and oxygen atoms in total. The van der Waals surface area contributed by atoms with E-state index in [1.54, 1.807) is 19.1 Å². The van der Waals surface area contributed by atoms with Crippen molar-refractivity contribution in [2.45, 2.75) is 26.3 Å². The molecular weight excluding hydrogens is 219 g/mol. The van der Waals surface area contributed by atoms with Gasteiger partial charge in [0.2, 0.25) is 0 Å². The summed E-state index contributed by atoms with van der Waals surface area (Å²) in [6.07, 6.45) is 0.583. The number of nitrogens with one attached hydrogen (secondary N) is 1. The molecule has 1 aromatic carbocycles. The first-order valence-corrected chi connectivity index (χ1v) is 5.69. The standard InChI is InChI=1S/C13H17FN2O/c1-3-16-11(9-15)6-7-17-12-5-4-10(2)13(14)8-12/h4-5,8,11,16H,3,6-7H2,1-2H3. The first-order valence-electron chi connectivity index (χ1n) is 5.69. The van der Waals surface area contributed by atoms with Crippen LogP contribution in [0.3, 0.4) is 0 Å². The molecule has 0 aromatic heterocycles. The van der Waals surface area contributed by atoms with E-state index < -0.39 is 0 Å². The Kier molecular flexibility index (Phi) is 5.44. The SMILES string of the molecule is CCNC(C#N)CCOc1ccc(C)c(F)c1. The van der Waals surface area contributed by atoms with Gasteiger partial charge < -0.3 is 10.1 Å². The zero-order valence-electron chi connectivity index (χ0n) is 10.2. The number of nitrogens with zero attached hydrogens (tertiary/aromatic N) is 1. The van der Waals surface area contributed by atoms with Gasteiger partial charge in [-0.05, 0) is 25.1 Å². The summed E-state index contributed by atoms with van der Waals surface area (Å²) in [6, 6.07) is 6.70. The quantitative estimate of drug-likeness (QED) is 0.825. The summed E-state index contributed by atoms with van der Waals surface area (Å²) in [5.41, 5.74) is 0.597. The highest BCUT2D eigenvalue weighted by atomic mass is 19.1. The molecular formula is C13H17FN2O. The van der Waals surface area contributed by atoms with E-state index in [4.69, 9.17) is 10.00 Å². The summed E-state index contributed by atoms with van der Waals surface area (Å²) in [4.78, 5) is 0. The van der Waals surface area contributed by atoms with E-state index in [-0.39, 0.29) is 11.9 Å². The van der Waals surface area contributed by atoms with Crippen molar-refractivity contribution >= 4 is 0 Å². The van der Waals surface area contributed by atoms with Gasteiger partial charge in [-0.2, -0.15) is 5.26 Å². The van der Waals surface area contributed by atoms with E-state index in [1.807, 2.05) is 6.92 Å². The number of aryl methyl sites for hydroxylation is 1. The van der Waals surface area contributed by atoms with E-state index in [9.17, 15) is 4.39 Å². The molecule has 1 aromatic rings. The van der Waals surface area contributed by atoms with Crippen LogP contribution >= 0.6 is 0 Å². The molecule has 4 heteroatoms. The van der Waals surface area contributed by atoms with Crippen LogP contribution in [0.4, 0.5) is 4.39 Å². The van der Waals surface area contributed by atoms with Crippen molar-refractivity contribution in [1.29, 1.82) is 5.26 Å². The number of hydrogen-bond donors (Lipinski definition) is 1. The third-order valence-electron chi connectivity index (χ3n) is 2.42. The fourth-order valence-electron chi connectivity index (χ4n) is 1.42. The predicted molar refractivity (Wildman–Crippen MR) is 64.3 cm³/mol. The van der Waals surface area contributed by atoms with Crippen LogP contribution in [0.2, 0.25) is 0 Å². The lowest BCUT2D eigenvalue weighted by atomic mass is 10.2. The second-order valence-electron chi connectivity index (χ2n) is 3.79. The van der Waals surface area contributed by atoms with E-state index >= 15 is 0 Å². The molecule has 0 aliphatic carbocycles. The molecule has 0 heterocycles. The highest BCUT2D eigenvalue weighted by Gasteiger charge is 2.06. The molecule has 17 heavy (non-hydrogen) atoms. The Labute approximate surface area is 101 Å². The highest BCUT2D eigenvalue weighted by molar-refractivity contribution is 5.27. The Bertz CT molecular complexity index is 401. The fourth-order valence-corrected chi connectivity index (χ4v) is 1.42. The van der Waals surface area contributed by atoms with Crippen molar-refractivity contribution in [3.8, 4) is 11.8 Å². The Morgan fingerprint density at radius 3 is 2.88 bits per heavy atom. The average molecular weight is 236 g/mol. The maximum atomic E-state index is 13.2. The van der Waals surface area contributed by atoms with Gasteiger partial charge >= 0.3 is 0 Å². The van der Waals surface area contributed by atoms with Gasteiger partial charge in [-0.1, -0.05) is 13.0 Å². The van der Waals surface area contributed by atoms with E-state index in [2.05, 4.69) is 11.4 Å².